The Labute approximate surface area is 439 Å². The van der Waals surface area contributed by atoms with E-state index in [1.807, 2.05) is 30.4 Å². The highest BCUT2D eigenvalue weighted by Gasteiger charge is 2.50. The Hall–Kier alpha value is -4.88. The summed E-state index contributed by atoms with van der Waals surface area (Å²) >= 11 is 0. The van der Waals surface area contributed by atoms with E-state index in [0.29, 0.717) is 32.1 Å². The van der Waals surface area contributed by atoms with Gasteiger partial charge in [0.25, 0.3) is 0 Å². The summed E-state index contributed by atoms with van der Waals surface area (Å²) in [5.41, 5.74) is 0. The molecule has 3 N–H and O–H groups in total. The summed E-state index contributed by atoms with van der Waals surface area (Å²) in [4.78, 5) is 50.9. The fourth-order valence-corrected chi connectivity index (χ4v) is 7.41. The number of hydrogen-bond donors (Lipinski definition) is 3. The van der Waals surface area contributed by atoms with E-state index in [-0.39, 0.29) is 25.9 Å². The van der Waals surface area contributed by atoms with E-state index in [9.17, 15) is 34.5 Å². The van der Waals surface area contributed by atoms with Crippen LogP contribution < -0.4 is 0 Å². The van der Waals surface area contributed by atoms with Crippen LogP contribution in [0.3, 0.4) is 0 Å². The van der Waals surface area contributed by atoms with Crippen molar-refractivity contribution in [3.05, 3.63) is 122 Å². The number of esters is 3. The lowest BCUT2D eigenvalue weighted by atomic mass is 9.98. The highest BCUT2D eigenvalue weighted by Crippen LogP contribution is 2.26. The van der Waals surface area contributed by atoms with Gasteiger partial charge in [-0.2, -0.15) is 0 Å². The summed E-state index contributed by atoms with van der Waals surface area (Å²) in [6.45, 7) is 5.59. The van der Waals surface area contributed by atoms with Gasteiger partial charge in [-0.3, -0.25) is 14.4 Å². The third kappa shape index (κ3) is 38.4. The highest BCUT2D eigenvalue weighted by atomic mass is 16.7. The van der Waals surface area contributed by atoms with Gasteiger partial charge in [0.05, 0.1) is 6.61 Å². The third-order valence-electron chi connectivity index (χ3n) is 11.6. The zero-order valence-electron chi connectivity index (χ0n) is 44.8. The van der Waals surface area contributed by atoms with Crippen molar-refractivity contribution in [1.29, 1.82) is 0 Å². The average molecular weight is 1020 g/mol. The van der Waals surface area contributed by atoms with Gasteiger partial charge in [-0.1, -0.05) is 206 Å². The molecule has 1 aliphatic heterocycles. The SMILES string of the molecule is CC/C=C\C/C=C\C/C=C\C/C=C\C/C=C\C/C=C\CCC(=O)OCC(COC1OC(C(=O)O)C(O)C(O)C1OC(=O)CCCCCCCCCCCCC)OC(=O)CC/C=C\C/C=C\C/C=C\C/C=C\CC. The largest absolute Gasteiger partial charge is 0.479 e. The minimum Gasteiger partial charge on any atom is -0.479 e. The highest BCUT2D eigenvalue weighted by molar-refractivity contribution is 5.74. The van der Waals surface area contributed by atoms with Crippen LogP contribution >= 0.6 is 0 Å². The lowest BCUT2D eigenvalue weighted by Gasteiger charge is -2.40. The summed E-state index contributed by atoms with van der Waals surface area (Å²) in [5, 5.41) is 31.3. The summed E-state index contributed by atoms with van der Waals surface area (Å²) in [6.07, 6.45) is 53.6. The Morgan fingerprint density at radius 2 is 0.863 bits per heavy atom. The number of aliphatic carboxylic acids is 1. The van der Waals surface area contributed by atoms with Gasteiger partial charge in [0.1, 0.15) is 18.8 Å². The number of rotatable bonds is 44. The zero-order chi connectivity index (χ0) is 53.3. The average Bonchev–Trinajstić information content (AvgIpc) is 3.37. The predicted octanol–water partition coefficient (Wildman–Crippen LogP) is 13.7. The molecule has 0 aromatic heterocycles. The first-order valence-corrected chi connectivity index (χ1v) is 27.5. The summed E-state index contributed by atoms with van der Waals surface area (Å²) in [7, 11) is 0. The molecule has 1 aliphatic rings. The van der Waals surface area contributed by atoms with Gasteiger partial charge in [0.2, 0.25) is 0 Å². The van der Waals surface area contributed by atoms with Crippen molar-refractivity contribution >= 4 is 23.9 Å². The van der Waals surface area contributed by atoms with E-state index >= 15 is 0 Å². The number of carboxylic acids is 1. The summed E-state index contributed by atoms with van der Waals surface area (Å²) in [6, 6.07) is 0. The summed E-state index contributed by atoms with van der Waals surface area (Å²) in [5.74, 6) is -3.36. The second-order valence-electron chi connectivity index (χ2n) is 18.1. The molecule has 1 saturated heterocycles. The molecule has 1 rings (SSSR count). The molecule has 0 aromatic rings. The second-order valence-corrected chi connectivity index (χ2v) is 18.1. The number of allylic oxidation sites excluding steroid dienone is 20. The number of ether oxygens (including phenoxy) is 5. The van der Waals surface area contributed by atoms with Gasteiger partial charge in [-0.05, 0) is 83.5 Å². The molecular formula is C61H94O12. The number of carboxylic acid groups (broad SMARTS) is 1. The molecule has 6 atom stereocenters. The topological polar surface area (TPSA) is 175 Å². The van der Waals surface area contributed by atoms with Gasteiger partial charge < -0.3 is 39.0 Å². The van der Waals surface area contributed by atoms with Crippen molar-refractivity contribution in [3.8, 4) is 0 Å². The smallest absolute Gasteiger partial charge is 0.335 e. The van der Waals surface area contributed by atoms with Gasteiger partial charge in [0, 0.05) is 19.3 Å². The molecular weight excluding hydrogens is 925 g/mol. The fraction of sp³-hybridized carbons (Fsp3) is 0.607. The number of unbranched alkanes of at least 4 members (excludes halogenated alkanes) is 10. The Kier molecular flexibility index (Phi) is 43.6. The molecule has 0 aliphatic carbocycles. The zero-order valence-corrected chi connectivity index (χ0v) is 44.8. The van der Waals surface area contributed by atoms with Crippen LogP contribution in [0.1, 0.15) is 188 Å². The van der Waals surface area contributed by atoms with E-state index in [4.69, 9.17) is 23.7 Å². The number of aliphatic hydroxyl groups is 2. The van der Waals surface area contributed by atoms with Crippen molar-refractivity contribution in [2.45, 2.75) is 225 Å². The minimum atomic E-state index is -1.92. The predicted molar refractivity (Wildman–Crippen MR) is 293 cm³/mol. The van der Waals surface area contributed by atoms with Crippen LogP contribution in [0, 0.1) is 0 Å². The molecule has 12 nitrogen and oxygen atoms in total. The molecule has 12 heteroatoms. The van der Waals surface area contributed by atoms with Crippen LogP contribution in [0.2, 0.25) is 0 Å². The maximum atomic E-state index is 13.1. The van der Waals surface area contributed by atoms with Crippen LogP contribution in [0.4, 0.5) is 0 Å². The number of carbonyl (C=O) groups excluding carboxylic acids is 3. The van der Waals surface area contributed by atoms with Crippen molar-refractivity contribution in [1.82, 2.24) is 0 Å². The first-order valence-electron chi connectivity index (χ1n) is 27.5. The van der Waals surface area contributed by atoms with Crippen LogP contribution in [-0.2, 0) is 42.9 Å². The second kappa shape index (κ2) is 48.1. The lowest BCUT2D eigenvalue weighted by Crippen LogP contribution is -2.61. The van der Waals surface area contributed by atoms with E-state index in [1.165, 1.54) is 38.5 Å². The van der Waals surface area contributed by atoms with Crippen LogP contribution in [0.15, 0.2) is 122 Å². The molecule has 6 unspecified atom stereocenters. The molecule has 0 bridgehead atoms. The molecule has 0 aromatic carbocycles. The first kappa shape index (κ1) is 66.1. The molecule has 1 heterocycles. The Morgan fingerprint density at radius 1 is 0.466 bits per heavy atom. The van der Waals surface area contributed by atoms with Crippen molar-refractivity contribution in [2.24, 2.45) is 0 Å². The third-order valence-corrected chi connectivity index (χ3v) is 11.6. The quantitative estimate of drug-likeness (QED) is 0.0228. The van der Waals surface area contributed by atoms with Crippen LogP contribution in [0.5, 0.6) is 0 Å². The van der Waals surface area contributed by atoms with Gasteiger partial charge in [0.15, 0.2) is 24.6 Å². The maximum Gasteiger partial charge on any atom is 0.335 e. The molecule has 0 spiro atoms. The minimum absolute atomic E-state index is 0.0204. The molecule has 1 fully saturated rings. The standard InChI is InChI=1S/C61H94O12/c1-4-7-10-13-16-19-22-24-25-26-27-28-29-31-33-35-38-41-44-47-53(62)69-50-52(71-54(63)48-45-42-39-37-34-30-23-20-17-14-11-8-5-2)51-70-61-59(57(66)56(65)58(73-61)60(67)68)72-55(64)49-46-43-40-36-32-21-18-15-12-9-6-3/h7-8,10-11,16-17,19-20,24-25,27-28,30-31,33-34,38-39,41-42,52,56-59,61,65-66H,4-6,9,12-15,18,21-23,26,29,32,35-37,40,43-51H2,1-3H3,(H,67,68)/b10-7-,11-8-,19-16-,20-17-,25-24-,28-27-,33-31-,34-30-,41-38-,42-39-. The number of aliphatic hydroxyl groups excluding tert-OH is 2. The van der Waals surface area contributed by atoms with Crippen LogP contribution in [-0.4, -0.2) is 89.2 Å². The Bertz CT molecular complexity index is 1730. The normalized spacial score (nSPS) is 19.3. The molecule has 0 radical (unpaired) electrons. The first-order chi connectivity index (χ1) is 35.6. The van der Waals surface area contributed by atoms with Crippen molar-refractivity contribution in [3.63, 3.8) is 0 Å². The van der Waals surface area contributed by atoms with Crippen molar-refractivity contribution in [2.75, 3.05) is 13.2 Å². The lowest BCUT2D eigenvalue weighted by molar-refractivity contribution is -0.301. The van der Waals surface area contributed by atoms with Crippen LogP contribution in [0.25, 0.3) is 0 Å². The van der Waals surface area contributed by atoms with Gasteiger partial charge in [-0.25, -0.2) is 4.79 Å². The molecule has 410 valence electrons. The Morgan fingerprint density at radius 3 is 1.29 bits per heavy atom. The fourth-order valence-electron chi connectivity index (χ4n) is 7.41. The van der Waals surface area contributed by atoms with E-state index < -0.39 is 67.3 Å². The van der Waals surface area contributed by atoms with E-state index in [0.717, 1.165) is 77.0 Å². The van der Waals surface area contributed by atoms with Gasteiger partial charge in [-0.15, -0.1) is 0 Å². The monoisotopic (exact) mass is 1020 g/mol. The molecule has 0 amide bonds. The van der Waals surface area contributed by atoms with E-state index in [2.05, 4.69) is 112 Å². The maximum absolute atomic E-state index is 13.1. The molecule has 73 heavy (non-hydrogen) atoms. The van der Waals surface area contributed by atoms with Crippen molar-refractivity contribution < 1.29 is 58.2 Å². The Balaban J connectivity index is 2.80. The summed E-state index contributed by atoms with van der Waals surface area (Å²) < 4.78 is 28.1. The number of carbonyl (C=O) groups is 4. The number of hydrogen-bond acceptors (Lipinski definition) is 11. The van der Waals surface area contributed by atoms with E-state index in [1.54, 1.807) is 0 Å². The molecule has 0 saturated carbocycles. The van der Waals surface area contributed by atoms with Gasteiger partial charge >= 0.3 is 23.9 Å².